The highest BCUT2D eigenvalue weighted by Gasteiger charge is 1.99. The first-order valence-electron chi connectivity index (χ1n) is 9.69. The molecule has 0 aromatic rings. The molecule has 24 heavy (non-hydrogen) atoms. The Morgan fingerprint density at radius 3 is 1.50 bits per heavy atom. The maximum atomic E-state index is 11.3. The molecule has 4 heteroatoms. The number of carbonyl (C=O) groups is 2. The van der Waals surface area contributed by atoms with E-state index in [-0.39, 0.29) is 5.91 Å². The highest BCUT2D eigenvalue weighted by Crippen LogP contribution is 2.12. The van der Waals surface area contributed by atoms with Crippen molar-refractivity contribution in [2.45, 2.75) is 96.8 Å². The molecule has 0 atom stereocenters. The van der Waals surface area contributed by atoms with E-state index in [0.717, 1.165) is 25.8 Å². The summed E-state index contributed by atoms with van der Waals surface area (Å²) in [6.07, 6.45) is 16.0. The molecule has 0 aliphatic carbocycles. The molecule has 0 spiro atoms. The predicted molar refractivity (Wildman–Crippen MR) is 100 cm³/mol. The van der Waals surface area contributed by atoms with Crippen LogP contribution in [0.4, 0.5) is 0 Å². The van der Waals surface area contributed by atoms with Gasteiger partial charge in [0.1, 0.15) is 0 Å². The van der Waals surface area contributed by atoms with Crippen molar-refractivity contribution in [2.24, 2.45) is 0 Å². The zero-order valence-electron chi connectivity index (χ0n) is 15.6. The molecule has 2 N–H and O–H groups in total. The molecular formula is C20H37NO3. The summed E-state index contributed by atoms with van der Waals surface area (Å²) in [7, 11) is 0. The standard InChI is InChI=1S/C20H37NO3/c1-18(2)20(24)21-17-15-13-11-9-7-5-3-4-6-8-10-12-14-16-19(22)23/h1,3-17H2,2H3,(H,21,24)(H,22,23). The van der Waals surface area contributed by atoms with E-state index < -0.39 is 5.97 Å². The van der Waals surface area contributed by atoms with Crippen LogP contribution in [-0.4, -0.2) is 23.5 Å². The zero-order valence-corrected chi connectivity index (χ0v) is 15.6. The van der Waals surface area contributed by atoms with Gasteiger partial charge in [-0.3, -0.25) is 9.59 Å². The summed E-state index contributed by atoms with van der Waals surface area (Å²) in [5, 5.41) is 11.4. The smallest absolute Gasteiger partial charge is 0.303 e. The average Bonchev–Trinajstić information content (AvgIpc) is 2.53. The van der Waals surface area contributed by atoms with E-state index in [4.69, 9.17) is 5.11 Å². The molecule has 0 saturated heterocycles. The molecule has 0 aliphatic rings. The van der Waals surface area contributed by atoms with Crippen molar-refractivity contribution in [1.82, 2.24) is 5.32 Å². The maximum absolute atomic E-state index is 11.3. The summed E-state index contributed by atoms with van der Waals surface area (Å²) >= 11 is 0. The topological polar surface area (TPSA) is 66.4 Å². The third-order valence-corrected chi connectivity index (χ3v) is 4.24. The van der Waals surface area contributed by atoms with E-state index in [1.165, 1.54) is 64.2 Å². The maximum Gasteiger partial charge on any atom is 0.303 e. The van der Waals surface area contributed by atoms with Crippen LogP contribution < -0.4 is 5.32 Å². The number of carbonyl (C=O) groups excluding carboxylic acids is 1. The number of carboxylic acids is 1. The molecule has 0 rings (SSSR count). The average molecular weight is 340 g/mol. The molecule has 4 nitrogen and oxygen atoms in total. The van der Waals surface area contributed by atoms with Crippen LogP contribution >= 0.6 is 0 Å². The highest BCUT2D eigenvalue weighted by atomic mass is 16.4. The fourth-order valence-corrected chi connectivity index (χ4v) is 2.70. The van der Waals surface area contributed by atoms with Crippen LogP contribution in [0, 0.1) is 0 Å². The summed E-state index contributed by atoms with van der Waals surface area (Å²) in [4.78, 5) is 21.6. The van der Waals surface area contributed by atoms with Crippen LogP contribution in [0.25, 0.3) is 0 Å². The van der Waals surface area contributed by atoms with E-state index in [1.54, 1.807) is 6.92 Å². The number of hydrogen-bond acceptors (Lipinski definition) is 2. The lowest BCUT2D eigenvalue weighted by molar-refractivity contribution is -0.137. The monoisotopic (exact) mass is 339 g/mol. The fourth-order valence-electron chi connectivity index (χ4n) is 2.70. The van der Waals surface area contributed by atoms with Gasteiger partial charge in [0.05, 0.1) is 0 Å². The zero-order chi connectivity index (χ0) is 18.0. The SMILES string of the molecule is C=C(C)C(=O)NCCCCCCCCCCCCCCCC(=O)O. The summed E-state index contributed by atoms with van der Waals surface area (Å²) in [5.74, 6) is -0.705. The second kappa shape index (κ2) is 16.5. The van der Waals surface area contributed by atoms with Crippen molar-refractivity contribution in [3.05, 3.63) is 12.2 Å². The van der Waals surface area contributed by atoms with Gasteiger partial charge in [-0.2, -0.15) is 0 Å². The van der Waals surface area contributed by atoms with E-state index >= 15 is 0 Å². The normalized spacial score (nSPS) is 10.5. The van der Waals surface area contributed by atoms with Gasteiger partial charge in [-0.1, -0.05) is 77.2 Å². The van der Waals surface area contributed by atoms with Gasteiger partial charge in [-0.25, -0.2) is 0 Å². The van der Waals surface area contributed by atoms with E-state index in [0.29, 0.717) is 12.0 Å². The number of carboxylic acid groups (broad SMARTS) is 1. The van der Waals surface area contributed by atoms with Crippen molar-refractivity contribution >= 4 is 11.9 Å². The van der Waals surface area contributed by atoms with Crippen LogP contribution in [0.2, 0.25) is 0 Å². The van der Waals surface area contributed by atoms with Gasteiger partial charge < -0.3 is 10.4 Å². The first kappa shape index (κ1) is 22.7. The Morgan fingerprint density at radius 1 is 0.750 bits per heavy atom. The lowest BCUT2D eigenvalue weighted by Gasteiger charge is -2.05. The fraction of sp³-hybridized carbons (Fsp3) is 0.800. The van der Waals surface area contributed by atoms with Crippen molar-refractivity contribution in [3.8, 4) is 0 Å². The lowest BCUT2D eigenvalue weighted by Crippen LogP contribution is -2.24. The van der Waals surface area contributed by atoms with Crippen molar-refractivity contribution in [3.63, 3.8) is 0 Å². The van der Waals surface area contributed by atoms with Gasteiger partial charge in [0.15, 0.2) is 0 Å². The van der Waals surface area contributed by atoms with Crippen LogP contribution in [0.3, 0.4) is 0 Å². The molecule has 0 bridgehead atoms. The molecule has 0 fully saturated rings. The molecule has 1 amide bonds. The Bertz CT molecular complexity index is 353. The molecule has 0 aromatic heterocycles. The quantitative estimate of drug-likeness (QED) is 0.282. The predicted octanol–water partition coefficient (Wildman–Crippen LogP) is 5.22. The second-order valence-corrected chi connectivity index (χ2v) is 6.78. The first-order valence-corrected chi connectivity index (χ1v) is 9.69. The van der Waals surface area contributed by atoms with Crippen LogP contribution in [0.1, 0.15) is 96.8 Å². The first-order chi connectivity index (χ1) is 11.5. The Balaban J connectivity index is 3.09. The van der Waals surface area contributed by atoms with Crippen molar-refractivity contribution in [2.75, 3.05) is 6.54 Å². The minimum Gasteiger partial charge on any atom is -0.481 e. The Morgan fingerprint density at radius 2 is 1.12 bits per heavy atom. The molecule has 0 heterocycles. The molecule has 0 unspecified atom stereocenters. The van der Waals surface area contributed by atoms with Gasteiger partial charge >= 0.3 is 5.97 Å². The summed E-state index contributed by atoms with van der Waals surface area (Å²) in [6, 6.07) is 0. The Labute approximate surface area is 148 Å². The van der Waals surface area contributed by atoms with E-state index in [1.807, 2.05) is 0 Å². The van der Waals surface area contributed by atoms with Gasteiger partial charge in [-0.05, 0) is 19.8 Å². The van der Waals surface area contributed by atoms with Crippen molar-refractivity contribution in [1.29, 1.82) is 0 Å². The number of unbranched alkanes of at least 4 members (excludes halogenated alkanes) is 12. The van der Waals surface area contributed by atoms with Gasteiger partial charge in [0.25, 0.3) is 0 Å². The van der Waals surface area contributed by atoms with Crippen LogP contribution in [0.5, 0.6) is 0 Å². The molecule has 140 valence electrons. The third kappa shape index (κ3) is 17.0. The molecular weight excluding hydrogens is 302 g/mol. The van der Waals surface area contributed by atoms with Crippen LogP contribution in [0.15, 0.2) is 12.2 Å². The third-order valence-electron chi connectivity index (χ3n) is 4.24. The number of nitrogens with one attached hydrogen (secondary N) is 1. The van der Waals surface area contributed by atoms with E-state index in [9.17, 15) is 9.59 Å². The number of rotatable bonds is 17. The number of amides is 1. The summed E-state index contributed by atoms with van der Waals surface area (Å²) in [5.41, 5.74) is 0.579. The minimum absolute atomic E-state index is 0.0307. The lowest BCUT2D eigenvalue weighted by atomic mass is 10.0. The largest absolute Gasteiger partial charge is 0.481 e. The van der Waals surface area contributed by atoms with E-state index in [2.05, 4.69) is 11.9 Å². The Hall–Kier alpha value is -1.32. The summed E-state index contributed by atoms with van der Waals surface area (Å²) < 4.78 is 0. The van der Waals surface area contributed by atoms with Gasteiger partial charge in [0.2, 0.25) is 5.91 Å². The number of aliphatic carboxylic acids is 1. The minimum atomic E-state index is -0.674. The van der Waals surface area contributed by atoms with Gasteiger partial charge in [-0.15, -0.1) is 0 Å². The van der Waals surface area contributed by atoms with Crippen LogP contribution in [-0.2, 0) is 9.59 Å². The highest BCUT2D eigenvalue weighted by molar-refractivity contribution is 5.91. The molecule has 0 aromatic carbocycles. The molecule has 0 radical (unpaired) electrons. The van der Waals surface area contributed by atoms with Crippen molar-refractivity contribution < 1.29 is 14.7 Å². The summed E-state index contributed by atoms with van der Waals surface area (Å²) in [6.45, 7) is 6.11. The molecule has 0 saturated carbocycles. The Kier molecular flexibility index (Phi) is 15.6. The number of hydrogen-bond donors (Lipinski definition) is 2. The molecule has 0 aliphatic heterocycles. The second-order valence-electron chi connectivity index (χ2n) is 6.78. The van der Waals surface area contributed by atoms with Gasteiger partial charge in [0, 0.05) is 18.5 Å².